The van der Waals surface area contributed by atoms with E-state index in [-0.39, 0.29) is 0 Å². The van der Waals surface area contributed by atoms with Gasteiger partial charge in [-0.3, -0.25) is 0 Å². The number of nitriles is 1. The van der Waals surface area contributed by atoms with E-state index in [0.717, 1.165) is 37.4 Å². The van der Waals surface area contributed by atoms with Gasteiger partial charge in [0.1, 0.15) is 6.07 Å². The summed E-state index contributed by atoms with van der Waals surface area (Å²) in [6, 6.07) is 9.18. The fourth-order valence-electron chi connectivity index (χ4n) is 3.15. The molecule has 2 rings (SSSR count). The van der Waals surface area contributed by atoms with Crippen molar-refractivity contribution in [3.05, 3.63) is 29.3 Å². The molecule has 1 fully saturated rings. The van der Waals surface area contributed by atoms with Crippen molar-refractivity contribution in [1.82, 2.24) is 10.2 Å². The van der Waals surface area contributed by atoms with E-state index >= 15 is 0 Å². The van der Waals surface area contributed by atoms with Gasteiger partial charge in [-0.1, -0.05) is 19.9 Å². The van der Waals surface area contributed by atoms with Crippen molar-refractivity contribution >= 4 is 5.69 Å². The number of hydrogen-bond donors (Lipinski definition) is 1. The van der Waals surface area contributed by atoms with E-state index in [0.29, 0.717) is 12.0 Å². The van der Waals surface area contributed by atoms with Gasteiger partial charge in [0, 0.05) is 25.7 Å². The number of benzene rings is 1. The van der Waals surface area contributed by atoms with Crippen molar-refractivity contribution in [2.45, 2.75) is 26.4 Å². The molecule has 1 saturated heterocycles. The van der Waals surface area contributed by atoms with Crippen molar-refractivity contribution in [3.63, 3.8) is 0 Å². The minimum atomic E-state index is 0.554. The molecule has 1 N–H and O–H groups in total. The Morgan fingerprint density at radius 3 is 2.71 bits per heavy atom. The van der Waals surface area contributed by atoms with Gasteiger partial charge in [0.05, 0.1) is 11.3 Å². The minimum Gasteiger partial charge on any atom is -0.369 e. The Morgan fingerprint density at radius 1 is 1.38 bits per heavy atom. The lowest BCUT2D eigenvalue weighted by atomic mass is 10.1. The summed E-state index contributed by atoms with van der Waals surface area (Å²) in [7, 11) is 4.27. The summed E-state index contributed by atoms with van der Waals surface area (Å²) in [4.78, 5) is 4.64. The van der Waals surface area contributed by atoms with Crippen LogP contribution in [0.25, 0.3) is 0 Å². The van der Waals surface area contributed by atoms with E-state index in [1.165, 1.54) is 5.56 Å². The molecule has 0 saturated carbocycles. The van der Waals surface area contributed by atoms with Gasteiger partial charge in [-0.25, -0.2) is 0 Å². The van der Waals surface area contributed by atoms with Crippen LogP contribution < -0.4 is 10.2 Å². The Kier molecular flexibility index (Phi) is 5.22. The molecular weight excluding hydrogens is 260 g/mol. The zero-order valence-corrected chi connectivity index (χ0v) is 13.6. The summed E-state index contributed by atoms with van der Waals surface area (Å²) >= 11 is 0. The van der Waals surface area contributed by atoms with Gasteiger partial charge in [0.15, 0.2) is 0 Å². The van der Waals surface area contributed by atoms with Crippen LogP contribution in [0, 0.1) is 17.2 Å². The maximum Gasteiger partial charge on any atom is 0.101 e. The third-order valence-electron chi connectivity index (χ3n) is 4.34. The monoisotopic (exact) mass is 286 g/mol. The minimum absolute atomic E-state index is 0.554. The van der Waals surface area contributed by atoms with Crippen LogP contribution in [0.15, 0.2) is 18.2 Å². The summed E-state index contributed by atoms with van der Waals surface area (Å²) in [5.41, 5.74) is 3.04. The third-order valence-corrected chi connectivity index (χ3v) is 4.34. The van der Waals surface area contributed by atoms with Crippen LogP contribution >= 0.6 is 0 Å². The van der Waals surface area contributed by atoms with Crippen molar-refractivity contribution in [2.24, 2.45) is 5.92 Å². The van der Waals surface area contributed by atoms with Crippen molar-refractivity contribution in [3.8, 4) is 6.07 Å². The molecule has 2 unspecified atom stereocenters. The molecule has 1 aromatic carbocycles. The van der Waals surface area contributed by atoms with Crippen LogP contribution in [0.3, 0.4) is 0 Å². The Bertz CT molecular complexity index is 518. The van der Waals surface area contributed by atoms with E-state index < -0.39 is 0 Å². The largest absolute Gasteiger partial charge is 0.369 e. The molecule has 2 atom stereocenters. The highest BCUT2D eigenvalue weighted by Crippen LogP contribution is 2.29. The lowest BCUT2D eigenvalue weighted by molar-refractivity contribution is 0.266. The van der Waals surface area contributed by atoms with Crippen LogP contribution in [0.2, 0.25) is 0 Å². The Hall–Kier alpha value is -1.57. The quantitative estimate of drug-likeness (QED) is 0.899. The predicted octanol–water partition coefficient (Wildman–Crippen LogP) is 2.05. The number of nitrogens with zero attached hydrogens (tertiary/aromatic N) is 3. The maximum atomic E-state index is 9.46. The van der Waals surface area contributed by atoms with Crippen LogP contribution in [0.4, 0.5) is 5.69 Å². The first-order valence-electron chi connectivity index (χ1n) is 7.72. The van der Waals surface area contributed by atoms with E-state index in [2.05, 4.69) is 61.3 Å². The topological polar surface area (TPSA) is 42.3 Å². The molecule has 114 valence electrons. The second-order valence-electron chi connectivity index (χ2n) is 6.16. The van der Waals surface area contributed by atoms with Crippen molar-refractivity contribution in [1.29, 1.82) is 5.26 Å². The number of rotatable bonds is 5. The molecule has 1 aliphatic rings. The number of nitrogens with one attached hydrogen (secondary N) is 1. The fourth-order valence-corrected chi connectivity index (χ4v) is 3.15. The van der Waals surface area contributed by atoms with E-state index in [9.17, 15) is 5.26 Å². The van der Waals surface area contributed by atoms with Gasteiger partial charge in [0.2, 0.25) is 0 Å². The molecule has 0 radical (unpaired) electrons. The van der Waals surface area contributed by atoms with E-state index in [1.807, 2.05) is 6.07 Å². The van der Waals surface area contributed by atoms with Crippen molar-refractivity contribution < 1.29 is 0 Å². The summed E-state index contributed by atoms with van der Waals surface area (Å²) in [5.74, 6) is 0.618. The Balaban J connectivity index is 2.19. The molecule has 1 aromatic rings. The average molecular weight is 286 g/mol. The molecule has 21 heavy (non-hydrogen) atoms. The zero-order chi connectivity index (χ0) is 15.4. The first-order valence-corrected chi connectivity index (χ1v) is 7.72. The SMILES string of the molecule is CCNCc1ccc(N2CC(C)C(N(C)C)C2)c(C#N)c1. The summed E-state index contributed by atoms with van der Waals surface area (Å²) in [6.07, 6.45) is 0. The first-order chi connectivity index (χ1) is 10.1. The molecule has 4 nitrogen and oxygen atoms in total. The van der Waals surface area contributed by atoms with Gasteiger partial charge in [-0.15, -0.1) is 0 Å². The number of anilines is 1. The summed E-state index contributed by atoms with van der Waals surface area (Å²) in [5, 5.41) is 12.8. The smallest absolute Gasteiger partial charge is 0.101 e. The average Bonchev–Trinajstić information content (AvgIpc) is 2.86. The van der Waals surface area contributed by atoms with E-state index in [1.54, 1.807) is 0 Å². The standard InChI is InChI=1S/C17H26N4/c1-5-19-10-14-6-7-16(15(8-14)9-18)21-11-13(2)17(12-21)20(3)4/h6-8,13,17,19H,5,10-12H2,1-4H3. The van der Waals surface area contributed by atoms with Gasteiger partial charge < -0.3 is 15.1 Å². The summed E-state index contributed by atoms with van der Waals surface area (Å²) in [6.45, 7) is 8.16. The first kappa shape index (κ1) is 15.8. The highest BCUT2D eigenvalue weighted by Gasteiger charge is 2.31. The molecule has 0 amide bonds. The van der Waals surface area contributed by atoms with Gasteiger partial charge in [0.25, 0.3) is 0 Å². The van der Waals surface area contributed by atoms with Gasteiger partial charge in [-0.2, -0.15) is 5.26 Å². The third kappa shape index (κ3) is 3.55. The maximum absolute atomic E-state index is 9.46. The molecule has 0 spiro atoms. The van der Waals surface area contributed by atoms with Gasteiger partial charge >= 0.3 is 0 Å². The van der Waals surface area contributed by atoms with Gasteiger partial charge in [-0.05, 0) is 44.3 Å². The second kappa shape index (κ2) is 6.93. The lowest BCUT2D eigenvalue weighted by Gasteiger charge is -2.23. The molecule has 1 aliphatic heterocycles. The van der Waals surface area contributed by atoms with Crippen LogP contribution in [0.1, 0.15) is 25.0 Å². The normalized spacial score (nSPS) is 21.8. The zero-order valence-electron chi connectivity index (χ0n) is 13.6. The second-order valence-corrected chi connectivity index (χ2v) is 6.16. The highest BCUT2D eigenvalue weighted by atomic mass is 15.2. The molecule has 0 bridgehead atoms. The van der Waals surface area contributed by atoms with Crippen LogP contribution in [-0.2, 0) is 6.54 Å². The Labute approximate surface area is 128 Å². The Morgan fingerprint density at radius 2 is 2.14 bits per heavy atom. The summed E-state index contributed by atoms with van der Waals surface area (Å²) < 4.78 is 0. The molecule has 1 heterocycles. The number of hydrogen-bond acceptors (Lipinski definition) is 4. The predicted molar refractivity (Wildman–Crippen MR) is 87.4 cm³/mol. The molecule has 4 heteroatoms. The van der Waals surface area contributed by atoms with Crippen molar-refractivity contribution in [2.75, 3.05) is 38.6 Å². The number of likely N-dealkylation sites (N-methyl/N-ethyl adjacent to an activating group) is 1. The van der Waals surface area contributed by atoms with Crippen LogP contribution in [-0.4, -0.2) is 44.7 Å². The highest BCUT2D eigenvalue weighted by molar-refractivity contribution is 5.61. The molecular formula is C17H26N4. The lowest BCUT2D eigenvalue weighted by Crippen LogP contribution is -2.34. The van der Waals surface area contributed by atoms with E-state index in [4.69, 9.17) is 0 Å². The fraction of sp³-hybridized carbons (Fsp3) is 0.588. The van der Waals surface area contributed by atoms with Crippen LogP contribution in [0.5, 0.6) is 0 Å². The molecule has 0 aliphatic carbocycles. The molecule has 0 aromatic heterocycles.